The van der Waals surface area contributed by atoms with Crippen LogP contribution in [-0.4, -0.2) is 50.8 Å². The molecule has 0 spiro atoms. The van der Waals surface area contributed by atoms with Crippen LogP contribution >= 0.6 is 0 Å². The van der Waals surface area contributed by atoms with E-state index < -0.39 is 28.7 Å². The highest BCUT2D eigenvalue weighted by Gasteiger charge is 2.43. The molecule has 4 nitrogen and oxygen atoms in total. The summed E-state index contributed by atoms with van der Waals surface area (Å²) in [6.07, 6.45) is -3.59. The molecule has 0 aliphatic carbocycles. The second kappa shape index (κ2) is 6.90. The van der Waals surface area contributed by atoms with Gasteiger partial charge in [-0.2, -0.15) is 13.2 Å². The maximum Gasteiger partial charge on any atom is 0.393 e. The molecule has 1 atom stereocenters. The van der Waals surface area contributed by atoms with Gasteiger partial charge in [0.05, 0.1) is 11.7 Å². The molecular weight excluding hydrogens is 281 g/mol. The molecular formula is C11H21F3N2O2S. The first-order valence-corrected chi connectivity index (χ1v) is 8.13. The summed E-state index contributed by atoms with van der Waals surface area (Å²) in [4.78, 5) is 0. The Morgan fingerprint density at radius 2 is 2.05 bits per heavy atom. The molecule has 0 aromatic heterocycles. The molecule has 1 aliphatic heterocycles. The number of nitrogens with one attached hydrogen (secondary N) is 1. The summed E-state index contributed by atoms with van der Waals surface area (Å²) < 4.78 is 62.8. The SMILES string of the molecule is CCNCCCS(=O)(=O)N1CCCC(C(F)(F)F)C1. The molecule has 0 amide bonds. The number of nitrogens with zero attached hydrogens (tertiary/aromatic N) is 1. The second-order valence-corrected chi connectivity index (χ2v) is 6.85. The van der Waals surface area contributed by atoms with Gasteiger partial charge in [0.1, 0.15) is 0 Å². The lowest BCUT2D eigenvalue weighted by Gasteiger charge is -2.32. The third-order valence-corrected chi connectivity index (χ3v) is 5.17. The Bertz CT molecular complexity index is 371. The first-order valence-electron chi connectivity index (χ1n) is 6.52. The van der Waals surface area contributed by atoms with Crippen LogP contribution in [0.3, 0.4) is 0 Å². The monoisotopic (exact) mass is 302 g/mol. The number of hydrogen-bond donors (Lipinski definition) is 1. The van der Waals surface area contributed by atoms with Crippen LogP contribution in [0.1, 0.15) is 26.2 Å². The molecule has 1 heterocycles. The van der Waals surface area contributed by atoms with Crippen molar-refractivity contribution in [3.05, 3.63) is 0 Å². The highest BCUT2D eigenvalue weighted by Crippen LogP contribution is 2.33. The summed E-state index contributed by atoms with van der Waals surface area (Å²) in [7, 11) is -3.56. The Hall–Kier alpha value is -0.340. The van der Waals surface area contributed by atoms with Crippen molar-refractivity contribution in [2.45, 2.75) is 32.4 Å². The smallest absolute Gasteiger partial charge is 0.317 e. The lowest BCUT2D eigenvalue weighted by atomic mass is 9.99. The van der Waals surface area contributed by atoms with E-state index >= 15 is 0 Å². The number of alkyl halides is 3. The number of piperidine rings is 1. The van der Waals surface area contributed by atoms with Gasteiger partial charge in [-0.15, -0.1) is 0 Å². The summed E-state index contributed by atoms with van der Waals surface area (Å²) in [5.74, 6) is -1.62. The molecule has 0 saturated carbocycles. The van der Waals surface area contributed by atoms with Gasteiger partial charge in [0.15, 0.2) is 0 Å². The first kappa shape index (κ1) is 16.7. The molecule has 1 fully saturated rings. The molecule has 1 unspecified atom stereocenters. The van der Waals surface area contributed by atoms with Gasteiger partial charge >= 0.3 is 6.18 Å². The number of halogens is 3. The van der Waals surface area contributed by atoms with Crippen molar-refractivity contribution in [3.63, 3.8) is 0 Å². The van der Waals surface area contributed by atoms with E-state index in [-0.39, 0.29) is 25.1 Å². The highest BCUT2D eigenvalue weighted by molar-refractivity contribution is 7.89. The number of rotatable bonds is 6. The van der Waals surface area contributed by atoms with E-state index in [4.69, 9.17) is 0 Å². The zero-order chi connectivity index (χ0) is 14.5. The molecule has 1 rings (SSSR count). The van der Waals surface area contributed by atoms with Gasteiger partial charge in [-0.05, 0) is 32.4 Å². The van der Waals surface area contributed by atoms with Crippen molar-refractivity contribution < 1.29 is 21.6 Å². The maximum atomic E-state index is 12.6. The number of sulfonamides is 1. The van der Waals surface area contributed by atoms with Crippen LogP contribution in [0.4, 0.5) is 13.2 Å². The number of hydrogen-bond acceptors (Lipinski definition) is 3. The van der Waals surface area contributed by atoms with Crippen molar-refractivity contribution >= 4 is 10.0 Å². The van der Waals surface area contributed by atoms with Crippen LogP contribution in [0.25, 0.3) is 0 Å². The van der Waals surface area contributed by atoms with Gasteiger partial charge in [0, 0.05) is 13.1 Å². The Kier molecular flexibility index (Phi) is 6.07. The Morgan fingerprint density at radius 1 is 1.37 bits per heavy atom. The van der Waals surface area contributed by atoms with Crippen LogP contribution in [0, 0.1) is 5.92 Å². The maximum absolute atomic E-state index is 12.6. The Morgan fingerprint density at radius 3 is 2.63 bits per heavy atom. The fourth-order valence-corrected chi connectivity index (χ4v) is 3.73. The highest BCUT2D eigenvalue weighted by atomic mass is 32.2. The quantitative estimate of drug-likeness (QED) is 0.758. The summed E-state index contributed by atoms with van der Waals surface area (Å²) in [6, 6.07) is 0. The van der Waals surface area contributed by atoms with Gasteiger partial charge in [-0.25, -0.2) is 12.7 Å². The van der Waals surface area contributed by atoms with Crippen molar-refractivity contribution in [1.82, 2.24) is 9.62 Å². The molecule has 8 heteroatoms. The van der Waals surface area contributed by atoms with E-state index in [1.807, 2.05) is 6.92 Å². The zero-order valence-electron chi connectivity index (χ0n) is 11.0. The van der Waals surface area contributed by atoms with Crippen molar-refractivity contribution in [2.24, 2.45) is 5.92 Å². The van der Waals surface area contributed by atoms with Gasteiger partial charge < -0.3 is 5.32 Å². The fraction of sp³-hybridized carbons (Fsp3) is 1.00. The molecule has 1 N–H and O–H groups in total. The lowest BCUT2D eigenvalue weighted by Crippen LogP contribution is -2.45. The van der Waals surface area contributed by atoms with E-state index in [0.29, 0.717) is 13.0 Å². The average molecular weight is 302 g/mol. The predicted octanol–water partition coefficient (Wildman–Crippen LogP) is 1.59. The predicted molar refractivity (Wildman–Crippen MR) is 67.3 cm³/mol. The summed E-state index contributed by atoms with van der Waals surface area (Å²) in [6.45, 7) is 3.00. The first-order chi connectivity index (χ1) is 8.77. The lowest BCUT2D eigenvalue weighted by molar-refractivity contribution is -0.182. The third-order valence-electron chi connectivity index (χ3n) is 3.25. The summed E-state index contributed by atoms with van der Waals surface area (Å²) in [5, 5.41) is 2.99. The molecule has 1 aliphatic rings. The average Bonchev–Trinajstić information content (AvgIpc) is 2.34. The summed E-state index contributed by atoms with van der Waals surface area (Å²) in [5.41, 5.74) is 0. The van der Waals surface area contributed by atoms with Crippen molar-refractivity contribution in [2.75, 3.05) is 31.9 Å². The second-order valence-electron chi connectivity index (χ2n) is 4.76. The van der Waals surface area contributed by atoms with Crippen LogP contribution < -0.4 is 5.32 Å². The van der Waals surface area contributed by atoms with E-state index in [2.05, 4.69) is 5.32 Å². The van der Waals surface area contributed by atoms with Gasteiger partial charge in [-0.1, -0.05) is 6.92 Å². The topological polar surface area (TPSA) is 49.4 Å². The Labute approximate surface area is 112 Å². The fourth-order valence-electron chi connectivity index (χ4n) is 2.15. The molecule has 0 bridgehead atoms. The van der Waals surface area contributed by atoms with Crippen LogP contribution in [0.2, 0.25) is 0 Å². The van der Waals surface area contributed by atoms with Crippen molar-refractivity contribution in [1.29, 1.82) is 0 Å². The molecule has 0 radical (unpaired) electrons. The van der Waals surface area contributed by atoms with Gasteiger partial charge in [-0.3, -0.25) is 0 Å². The molecule has 0 aromatic rings. The van der Waals surface area contributed by atoms with E-state index in [1.54, 1.807) is 0 Å². The normalized spacial score (nSPS) is 22.6. The standard InChI is InChI=1S/C11H21F3N2O2S/c1-2-15-6-4-8-19(17,18)16-7-3-5-10(9-16)11(12,13)14/h10,15H,2-9H2,1H3. The van der Waals surface area contributed by atoms with Crippen LogP contribution in [-0.2, 0) is 10.0 Å². The molecule has 114 valence electrons. The molecule has 19 heavy (non-hydrogen) atoms. The van der Waals surface area contributed by atoms with E-state index in [1.165, 1.54) is 0 Å². The van der Waals surface area contributed by atoms with E-state index in [0.717, 1.165) is 10.8 Å². The van der Waals surface area contributed by atoms with Gasteiger partial charge in [0.25, 0.3) is 0 Å². The largest absolute Gasteiger partial charge is 0.393 e. The zero-order valence-corrected chi connectivity index (χ0v) is 11.9. The van der Waals surface area contributed by atoms with Gasteiger partial charge in [0.2, 0.25) is 10.0 Å². The van der Waals surface area contributed by atoms with Crippen LogP contribution in [0.5, 0.6) is 0 Å². The molecule has 0 aromatic carbocycles. The minimum absolute atomic E-state index is 0.0207. The summed E-state index contributed by atoms with van der Waals surface area (Å²) >= 11 is 0. The third kappa shape index (κ3) is 5.27. The Balaban J connectivity index is 2.53. The molecule has 1 saturated heterocycles. The minimum Gasteiger partial charge on any atom is -0.317 e. The van der Waals surface area contributed by atoms with Crippen molar-refractivity contribution in [3.8, 4) is 0 Å². The van der Waals surface area contributed by atoms with Crippen LogP contribution in [0.15, 0.2) is 0 Å². The minimum atomic E-state index is -4.31. The van der Waals surface area contributed by atoms with E-state index in [9.17, 15) is 21.6 Å².